The summed E-state index contributed by atoms with van der Waals surface area (Å²) in [7, 11) is 3.07. The van der Waals surface area contributed by atoms with Gasteiger partial charge in [0, 0.05) is 36.5 Å². The van der Waals surface area contributed by atoms with Gasteiger partial charge in [0.2, 0.25) is 5.91 Å². The molecule has 200 valence electrons. The Morgan fingerprint density at radius 3 is 2.35 bits per heavy atom. The molecule has 10 heteroatoms. The number of nitrogens with zero attached hydrogens (tertiary/aromatic N) is 1. The van der Waals surface area contributed by atoms with Gasteiger partial charge in [0.1, 0.15) is 5.75 Å². The lowest BCUT2D eigenvalue weighted by atomic mass is 9.74. The first-order valence-electron chi connectivity index (χ1n) is 12.2. The summed E-state index contributed by atoms with van der Waals surface area (Å²) in [6, 6.07) is 8.99. The first-order chi connectivity index (χ1) is 17.5. The molecule has 1 saturated heterocycles. The molecule has 2 aliphatic rings. The highest BCUT2D eigenvalue weighted by Crippen LogP contribution is 2.46. The molecule has 7 nitrogen and oxygen atoms in total. The molecule has 2 aromatic rings. The van der Waals surface area contributed by atoms with Gasteiger partial charge in [-0.3, -0.25) is 9.59 Å². The third kappa shape index (κ3) is 5.94. The molecule has 2 amide bonds. The van der Waals surface area contributed by atoms with Crippen LogP contribution in [0.5, 0.6) is 17.2 Å². The van der Waals surface area contributed by atoms with E-state index in [1.807, 2.05) is 6.92 Å². The quantitative estimate of drug-likeness (QED) is 0.548. The normalized spacial score (nSPS) is 18.3. The van der Waals surface area contributed by atoms with Crippen LogP contribution in [-0.2, 0) is 11.2 Å². The van der Waals surface area contributed by atoms with E-state index in [-0.39, 0.29) is 35.4 Å². The maximum Gasteiger partial charge on any atom is 0.573 e. The lowest BCUT2D eigenvalue weighted by Gasteiger charge is -2.51. The van der Waals surface area contributed by atoms with E-state index in [9.17, 15) is 22.8 Å². The van der Waals surface area contributed by atoms with Crippen LogP contribution >= 0.6 is 0 Å². The predicted octanol–water partition coefficient (Wildman–Crippen LogP) is 4.65. The van der Waals surface area contributed by atoms with E-state index in [0.717, 1.165) is 30.4 Å². The van der Waals surface area contributed by atoms with E-state index in [1.54, 1.807) is 24.1 Å². The van der Waals surface area contributed by atoms with Gasteiger partial charge in [-0.05, 0) is 61.6 Å². The number of halogens is 3. The molecule has 0 bridgehead atoms. The summed E-state index contributed by atoms with van der Waals surface area (Å²) in [6.45, 7) is 3.02. The Bertz CT molecular complexity index is 1140. The number of carbonyl (C=O) groups is 2. The molecular weight excluding hydrogens is 489 g/mol. The van der Waals surface area contributed by atoms with Crippen molar-refractivity contribution in [1.82, 2.24) is 10.2 Å². The van der Waals surface area contributed by atoms with Crippen molar-refractivity contribution in [2.45, 2.75) is 51.4 Å². The second kappa shape index (κ2) is 10.5. The summed E-state index contributed by atoms with van der Waals surface area (Å²) in [5, 5.41) is 3.19. The number of amides is 2. The third-order valence-electron chi connectivity index (χ3n) is 7.34. The Morgan fingerprint density at radius 2 is 1.73 bits per heavy atom. The Kier molecular flexibility index (Phi) is 7.57. The monoisotopic (exact) mass is 520 g/mol. The van der Waals surface area contributed by atoms with Crippen molar-refractivity contribution in [2.75, 3.05) is 27.3 Å². The average Bonchev–Trinajstić information content (AvgIpc) is 3.24. The van der Waals surface area contributed by atoms with Crippen molar-refractivity contribution in [2.24, 2.45) is 5.41 Å². The first-order valence-corrected chi connectivity index (χ1v) is 12.2. The molecule has 1 N–H and O–H groups in total. The number of ether oxygens (including phenoxy) is 3. The fourth-order valence-electron chi connectivity index (χ4n) is 5.36. The second-order valence-corrected chi connectivity index (χ2v) is 9.74. The van der Waals surface area contributed by atoms with Crippen molar-refractivity contribution in [3.8, 4) is 17.2 Å². The number of methoxy groups -OCH3 is 2. The van der Waals surface area contributed by atoms with Gasteiger partial charge in [-0.25, -0.2) is 0 Å². The number of hydrogen-bond acceptors (Lipinski definition) is 5. The number of aryl methyl sites for hydroxylation is 2. The number of likely N-dealkylation sites (tertiary alicyclic amines) is 1. The van der Waals surface area contributed by atoms with Gasteiger partial charge in [-0.2, -0.15) is 0 Å². The Morgan fingerprint density at radius 1 is 1.08 bits per heavy atom. The van der Waals surface area contributed by atoms with Crippen molar-refractivity contribution >= 4 is 11.8 Å². The van der Waals surface area contributed by atoms with Gasteiger partial charge in [0.05, 0.1) is 14.2 Å². The molecule has 1 heterocycles. The molecule has 1 aliphatic carbocycles. The lowest BCUT2D eigenvalue weighted by Crippen LogP contribution is -2.64. The maximum atomic E-state index is 13.1. The largest absolute Gasteiger partial charge is 0.573 e. The smallest absolute Gasteiger partial charge is 0.493 e. The topological polar surface area (TPSA) is 77.1 Å². The molecule has 2 fully saturated rings. The van der Waals surface area contributed by atoms with Crippen molar-refractivity contribution in [1.29, 1.82) is 0 Å². The molecule has 1 aliphatic heterocycles. The highest BCUT2D eigenvalue weighted by molar-refractivity contribution is 5.96. The number of benzene rings is 2. The highest BCUT2D eigenvalue weighted by Gasteiger charge is 2.53. The lowest BCUT2D eigenvalue weighted by molar-refractivity contribution is -0.274. The van der Waals surface area contributed by atoms with Crippen molar-refractivity contribution in [3.63, 3.8) is 0 Å². The predicted molar refractivity (Wildman–Crippen MR) is 130 cm³/mol. The van der Waals surface area contributed by atoms with Crippen LogP contribution in [0.15, 0.2) is 36.4 Å². The molecule has 37 heavy (non-hydrogen) atoms. The molecule has 1 atom stereocenters. The molecule has 4 rings (SSSR count). The Balaban J connectivity index is 1.31. The number of rotatable bonds is 8. The second-order valence-electron chi connectivity index (χ2n) is 9.74. The molecule has 2 aromatic carbocycles. The fraction of sp³-hybridized carbons (Fsp3) is 0.481. The fourth-order valence-corrected chi connectivity index (χ4v) is 5.36. The summed E-state index contributed by atoms with van der Waals surface area (Å²) >= 11 is 0. The van der Waals surface area contributed by atoms with Crippen LogP contribution < -0.4 is 19.5 Å². The van der Waals surface area contributed by atoms with Crippen LogP contribution in [0.1, 0.15) is 47.2 Å². The molecule has 0 aromatic heterocycles. The summed E-state index contributed by atoms with van der Waals surface area (Å²) in [4.78, 5) is 27.7. The van der Waals surface area contributed by atoms with Gasteiger partial charge in [-0.15, -0.1) is 13.2 Å². The maximum absolute atomic E-state index is 13.1. The number of nitrogens with one attached hydrogen (secondary N) is 1. The van der Waals surface area contributed by atoms with Crippen molar-refractivity contribution in [3.05, 3.63) is 53.1 Å². The summed E-state index contributed by atoms with van der Waals surface area (Å²) in [5.41, 5.74) is 1.94. The van der Waals surface area contributed by atoms with Crippen LogP contribution in [0.3, 0.4) is 0 Å². The van der Waals surface area contributed by atoms with E-state index >= 15 is 0 Å². The summed E-state index contributed by atoms with van der Waals surface area (Å²) in [6.07, 6.45) is -1.28. The van der Waals surface area contributed by atoms with Gasteiger partial charge in [0.25, 0.3) is 5.91 Å². The molecule has 0 radical (unpaired) electrons. The third-order valence-corrected chi connectivity index (χ3v) is 7.34. The van der Waals surface area contributed by atoms with Gasteiger partial charge in [-0.1, -0.05) is 18.6 Å². The molecular formula is C27H31F3N2O5. The van der Waals surface area contributed by atoms with Crippen LogP contribution in [0.2, 0.25) is 0 Å². The van der Waals surface area contributed by atoms with Crippen molar-refractivity contribution < 1.29 is 37.0 Å². The molecule has 1 unspecified atom stereocenters. The SMILES string of the molecule is COc1cc(C)c(C(=O)NC2CCCC23CN(C(=O)CCc2ccc(OC(F)(F)F)cc2)C3)cc1OC. The van der Waals surface area contributed by atoms with Gasteiger partial charge >= 0.3 is 6.36 Å². The van der Waals surface area contributed by atoms with E-state index in [2.05, 4.69) is 10.1 Å². The zero-order valence-electron chi connectivity index (χ0n) is 21.1. The zero-order valence-corrected chi connectivity index (χ0v) is 21.1. The van der Waals surface area contributed by atoms with Crippen LogP contribution in [-0.4, -0.2) is 56.4 Å². The zero-order chi connectivity index (χ0) is 26.8. The number of alkyl halides is 3. The van der Waals surface area contributed by atoms with Gasteiger partial charge in [0.15, 0.2) is 11.5 Å². The molecule has 1 saturated carbocycles. The van der Waals surface area contributed by atoms with E-state index in [4.69, 9.17) is 9.47 Å². The Hall–Kier alpha value is -3.43. The van der Waals surface area contributed by atoms with Crippen LogP contribution in [0.4, 0.5) is 13.2 Å². The minimum atomic E-state index is -4.73. The first kappa shape index (κ1) is 26.6. The number of hydrogen-bond donors (Lipinski definition) is 1. The standard InChI is InChI=1S/C27H31F3N2O5/c1-17-13-21(35-2)22(36-3)14-20(17)25(34)31-23-5-4-12-26(23)15-32(16-26)24(33)11-8-18-6-9-19(10-7-18)37-27(28,29)30/h6-7,9-10,13-14,23H,4-5,8,11-12,15-16H2,1-3H3,(H,31,34). The van der Waals surface area contributed by atoms with Gasteiger partial charge < -0.3 is 24.4 Å². The minimum Gasteiger partial charge on any atom is -0.493 e. The highest BCUT2D eigenvalue weighted by atomic mass is 19.4. The molecule has 1 spiro atoms. The minimum absolute atomic E-state index is 0.00560. The van der Waals surface area contributed by atoms with E-state index in [1.165, 1.54) is 31.4 Å². The van der Waals surface area contributed by atoms with Crippen LogP contribution in [0, 0.1) is 12.3 Å². The summed E-state index contributed by atoms with van der Waals surface area (Å²) in [5.74, 6) is 0.584. The van der Waals surface area contributed by atoms with Crippen LogP contribution in [0.25, 0.3) is 0 Å². The van der Waals surface area contributed by atoms with E-state index in [0.29, 0.717) is 36.6 Å². The van der Waals surface area contributed by atoms with E-state index < -0.39 is 6.36 Å². The average molecular weight is 521 g/mol. The Labute approximate surface area is 213 Å². The number of carbonyl (C=O) groups excluding carboxylic acids is 2. The summed E-state index contributed by atoms with van der Waals surface area (Å²) < 4.78 is 51.5.